The summed E-state index contributed by atoms with van der Waals surface area (Å²) in [5.74, 6) is -0.472. The molecule has 0 radical (unpaired) electrons. The molecule has 34 heavy (non-hydrogen) atoms. The summed E-state index contributed by atoms with van der Waals surface area (Å²) in [6.45, 7) is 6.52. The number of amides is 3. The molecule has 0 aromatic heterocycles. The number of anilines is 1. The van der Waals surface area contributed by atoms with Gasteiger partial charge in [-0.2, -0.15) is 0 Å². The molecule has 0 bridgehead atoms. The van der Waals surface area contributed by atoms with Gasteiger partial charge in [0.25, 0.3) is 5.91 Å². The molecule has 8 heteroatoms. The molecule has 3 amide bonds. The maximum atomic E-state index is 13.6. The summed E-state index contributed by atoms with van der Waals surface area (Å²) in [7, 11) is 3.86. The summed E-state index contributed by atoms with van der Waals surface area (Å²) in [4.78, 5) is 57.2. The van der Waals surface area contributed by atoms with Crippen molar-refractivity contribution in [3.63, 3.8) is 0 Å². The molecule has 0 spiro atoms. The minimum absolute atomic E-state index is 0.00907. The van der Waals surface area contributed by atoms with Crippen LogP contribution >= 0.6 is 0 Å². The standard InChI is InChI=1S/C26H38N4O4/c1-6-7-8-23(32)30-16-22(31)24-21(30)13-14-29(24)26(34)20(15-17(2)3)27-25(33)18-9-11-19(12-10-18)28(4)5/h9-12,17,20-21,24H,6-8,13-16H2,1-5H3,(H,27,33)/t20-,21+,24-/m0/s1. The largest absolute Gasteiger partial charge is 0.378 e. The molecule has 0 saturated carbocycles. The lowest BCUT2D eigenvalue weighted by Crippen LogP contribution is -2.53. The highest BCUT2D eigenvalue weighted by molar-refractivity contribution is 6.00. The molecule has 186 valence electrons. The van der Waals surface area contributed by atoms with Crippen LogP contribution in [-0.4, -0.2) is 78.6 Å². The maximum Gasteiger partial charge on any atom is 0.251 e. The number of rotatable bonds is 9. The first kappa shape index (κ1) is 25.7. The Hall–Kier alpha value is -2.90. The summed E-state index contributed by atoms with van der Waals surface area (Å²) < 4.78 is 0. The Kier molecular flexibility index (Phi) is 8.33. The van der Waals surface area contributed by atoms with Crippen LogP contribution in [0.15, 0.2) is 24.3 Å². The number of ketones is 1. The zero-order valence-corrected chi connectivity index (χ0v) is 21.0. The Morgan fingerprint density at radius 2 is 1.79 bits per heavy atom. The summed E-state index contributed by atoms with van der Waals surface area (Å²) in [6, 6.07) is 5.62. The molecule has 2 aliphatic heterocycles. The van der Waals surface area contributed by atoms with Crippen LogP contribution in [-0.2, 0) is 14.4 Å². The number of unbranched alkanes of at least 4 members (excludes halogenated alkanes) is 1. The van der Waals surface area contributed by atoms with Gasteiger partial charge in [0.15, 0.2) is 5.78 Å². The van der Waals surface area contributed by atoms with E-state index in [1.807, 2.05) is 51.9 Å². The molecule has 2 heterocycles. The van der Waals surface area contributed by atoms with Gasteiger partial charge < -0.3 is 20.0 Å². The van der Waals surface area contributed by atoms with E-state index in [2.05, 4.69) is 5.32 Å². The van der Waals surface area contributed by atoms with Crippen molar-refractivity contribution in [1.29, 1.82) is 0 Å². The fraction of sp³-hybridized carbons (Fsp3) is 0.615. The highest BCUT2D eigenvalue weighted by atomic mass is 16.2. The van der Waals surface area contributed by atoms with Crippen LogP contribution in [0.3, 0.4) is 0 Å². The van der Waals surface area contributed by atoms with Crippen LogP contribution in [0, 0.1) is 5.92 Å². The molecule has 2 fully saturated rings. The van der Waals surface area contributed by atoms with E-state index in [1.165, 1.54) is 0 Å². The third-order valence-corrected chi connectivity index (χ3v) is 6.73. The van der Waals surface area contributed by atoms with Crippen molar-refractivity contribution in [2.45, 2.75) is 71.0 Å². The molecule has 0 unspecified atom stereocenters. The first-order chi connectivity index (χ1) is 16.1. The highest BCUT2D eigenvalue weighted by Gasteiger charge is 2.51. The third kappa shape index (κ3) is 5.59. The van der Waals surface area contributed by atoms with Crippen molar-refractivity contribution < 1.29 is 19.2 Å². The summed E-state index contributed by atoms with van der Waals surface area (Å²) in [6.07, 6.45) is 3.21. The van der Waals surface area contributed by atoms with Gasteiger partial charge in [0.1, 0.15) is 12.1 Å². The number of carbonyl (C=O) groups is 4. The molecule has 3 atom stereocenters. The Bertz CT molecular complexity index is 912. The second-order valence-electron chi connectivity index (χ2n) is 10.0. The van der Waals surface area contributed by atoms with Crippen LogP contribution in [0.1, 0.15) is 63.2 Å². The zero-order chi connectivity index (χ0) is 25.0. The Morgan fingerprint density at radius 3 is 2.38 bits per heavy atom. The monoisotopic (exact) mass is 470 g/mol. The first-order valence-electron chi connectivity index (χ1n) is 12.3. The lowest BCUT2D eigenvalue weighted by atomic mass is 10.0. The fourth-order valence-electron chi connectivity index (χ4n) is 4.91. The van der Waals surface area contributed by atoms with E-state index in [-0.39, 0.29) is 42.0 Å². The van der Waals surface area contributed by atoms with Gasteiger partial charge in [-0.3, -0.25) is 19.2 Å². The van der Waals surface area contributed by atoms with Gasteiger partial charge in [-0.15, -0.1) is 0 Å². The van der Waals surface area contributed by atoms with Crippen molar-refractivity contribution in [1.82, 2.24) is 15.1 Å². The van der Waals surface area contributed by atoms with Crippen LogP contribution in [0.4, 0.5) is 5.69 Å². The smallest absolute Gasteiger partial charge is 0.251 e. The van der Waals surface area contributed by atoms with E-state index in [0.717, 1.165) is 18.5 Å². The fourth-order valence-corrected chi connectivity index (χ4v) is 4.91. The molecule has 1 aromatic rings. The quantitative estimate of drug-likeness (QED) is 0.599. The van der Waals surface area contributed by atoms with Crippen LogP contribution < -0.4 is 10.2 Å². The Balaban J connectivity index is 1.73. The predicted molar refractivity (Wildman–Crippen MR) is 132 cm³/mol. The van der Waals surface area contributed by atoms with Gasteiger partial charge in [-0.25, -0.2) is 0 Å². The first-order valence-corrected chi connectivity index (χ1v) is 12.3. The minimum Gasteiger partial charge on any atom is -0.378 e. The van der Waals surface area contributed by atoms with Crippen molar-refractivity contribution in [2.24, 2.45) is 5.92 Å². The number of likely N-dealkylation sites (tertiary alicyclic amines) is 2. The lowest BCUT2D eigenvalue weighted by Gasteiger charge is -2.29. The molecular formula is C26H38N4O4. The van der Waals surface area contributed by atoms with E-state index < -0.39 is 12.1 Å². The average Bonchev–Trinajstić information content (AvgIpc) is 3.37. The van der Waals surface area contributed by atoms with Gasteiger partial charge in [0.05, 0.1) is 12.6 Å². The van der Waals surface area contributed by atoms with Crippen molar-refractivity contribution in [3.8, 4) is 0 Å². The number of hydrogen-bond acceptors (Lipinski definition) is 5. The topological polar surface area (TPSA) is 90.0 Å². The molecule has 2 aliphatic rings. The number of benzene rings is 1. The average molecular weight is 471 g/mol. The number of hydrogen-bond donors (Lipinski definition) is 1. The second-order valence-corrected chi connectivity index (χ2v) is 10.0. The lowest BCUT2D eigenvalue weighted by molar-refractivity contribution is -0.138. The summed E-state index contributed by atoms with van der Waals surface area (Å²) in [5.41, 5.74) is 1.46. The van der Waals surface area contributed by atoms with Gasteiger partial charge in [-0.05, 0) is 49.4 Å². The van der Waals surface area contributed by atoms with Crippen molar-refractivity contribution in [3.05, 3.63) is 29.8 Å². The van der Waals surface area contributed by atoms with Gasteiger partial charge in [0, 0.05) is 38.3 Å². The van der Waals surface area contributed by atoms with Crippen LogP contribution in [0.25, 0.3) is 0 Å². The summed E-state index contributed by atoms with van der Waals surface area (Å²) >= 11 is 0. The molecule has 3 rings (SSSR count). The van der Waals surface area contributed by atoms with Gasteiger partial charge in [-0.1, -0.05) is 27.2 Å². The normalized spacial score (nSPS) is 20.5. The SMILES string of the molecule is CCCCC(=O)N1CC(=O)[C@@H]2[C@H]1CCN2C(=O)[C@H](CC(C)C)NC(=O)c1ccc(N(C)C)cc1. The molecule has 0 aliphatic carbocycles. The molecule has 1 aromatic carbocycles. The molecule has 8 nitrogen and oxygen atoms in total. The highest BCUT2D eigenvalue weighted by Crippen LogP contribution is 2.31. The van der Waals surface area contributed by atoms with Crippen LogP contribution in [0.5, 0.6) is 0 Å². The van der Waals surface area contributed by atoms with Crippen molar-refractivity contribution in [2.75, 3.05) is 32.1 Å². The number of fused-ring (bicyclic) bond motifs is 1. The van der Waals surface area contributed by atoms with E-state index in [4.69, 9.17) is 0 Å². The van der Waals surface area contributed by atoms with Crippen LogP contribution in [0.2, 0.25) is 0 Å². The molecular weight excluding hydrogens is 432 g/mol. The predicted octanol–water partition coefficient (Wildman–Crippen LogP) is 2.47. The minimum atomic E-state index is -0.725. The third-order valence-electron chi connectivity index (χ3n) is 6.73. The van der Waals surface area contributed by atoms with Gasteiger partial charge in [0.2, 0.25) is 11.8 Å². The Morgan fingerprint density at radius 1 is 1.12 bits per heavy atom. The number of carbonyl (C=O) groups excluding carboxylic acids is 4. The number of nitrogens with zero attached hydrogens (tertiary/aromatic N) is 3. The van der Waals surface area contributed by atoms with E-state index in [1.54, 1.807) is 21.9 Å². The van der Waals surface area contributed by atoms with E-state index in [0.29, 0.717) is 31.4 Å². The molecule has 2 saturated heterocycles. The number of Topliss-reactive ketones (excluding diaryl/α,β-unsaturated/α-hetero) is 1. The van der Waals surface area contributed by atoms with E-state index in [9.17, 15) is 19.2 Å². The zero-order valence-electron chi connectivity index (χ0n) is 21.0. The van der Waals surface area contributed by atoms with Crippen molar-refractivity contribution >= 4 is 29.2 Å². The Labute approximate surface area is 202 Å². The van der Waals surface area contributed by atoms with Gasteiger partial charge >= 0.3 is 0 Å². The number of nitrogens with one attached hydrogen (secondary N) is 1. The summed E-state index contributed by atoms with van der Waals surface area (Å²) in [5, 5.41) is 2.91. The van der Waals surface area contributed by atoms with E-state index >= 15 is 0 Å². The maximum absolute atomic E-state index is 13.6. The second kappa shape index (κ2) is 11.0. The molecule has 1 N–H and O–H groups in total.